The van der Waals surface area contributed by atoms with Crippen LogP contribution in [0.15, 0.2) is 47.4 Å². The highest BCUT2D eigenvalue weighted by Crippen LogP contribution is 2.30. The number of aryl methyl sites for hydroxylation is 1. The highest BCUT2D eigenvalue weighted by atomic mass is 32.2. The van der Waals surface area contributed by atoms with Crippen molar-refractivity contribution in [3.63, 3.8) is 0 Å². The summed E-state index contributed by atoms with van der Waals surface area (Å²) in [5.74, 6) is 0.578. The summed E-state index contributed by atoms with van der Waals surface area (Å²) in [6.45, 7) is 7.73. The van der Waals surface area contributed by atoms with Gasteiger partial charge in [-0.15, -0.1) is 0 Å². The highest BCUT2D eigenvalue weighted by Gasteiger charge is 2.29. The molecule has 1 fully saturated rings. The lowest BCUT2D eigenvalue weighted by molar-refractivity contribution is -0.116. The van der Waals surface area contributed by atoms with Gasteiger partial charge >= 0.3 is 0 Å². The Morgan fingerprint density at radius 2 is 1.81 bits per heavy atom. The molecule has 1 heterocycles. The molecule has 174 valence electrons. The summed E-state index contributed by atoms with van der Waals surface area (Å²) < 4.78 is 38.6. The van der Waals surface area contributed by atoms with Crippen molar-refractivity contribution in [2.24, 2.45) is 0 Å². The summed E-state index contributed by atoms with van der Waals surface area (Å²) in [6, 6.07) is 13.0. The van der Waals surface area contributed by atoms with E-state index < -0.39 is 10.0 Å². The molecule has 0 aromatic heterocycles. The average molecular weight is 461 g/mol. The van der Waals surface area contributed by atoms with Crippen LogP contribution in [0.4, 0.5) is 5.69 Å². The van der Waals surface area contributed by atoms with Gasteiger partial charge in [0.1, 0.15) is 10.6 Å². The molecule has 0 unspecified atom stereocenters. The zero-order chi connectivity index (χ0) is 23.1. The lowest BCUT2D eigenvalue weighted by Crippen LogP contribution is -2.40. The zero-order valence-electron chi connectivity index (χ0n) is 19.0. The molecule has 0 atom stereocenters. The number of sulfonamides is 1. The first-order valence-electron chi connectivity index (χ1n) is 11.0. The van der Waals surface area contributed by atoms with Gasteiger partial charge in [0.15, 0.2) is 0 Å². The molecule has 32 heavy (non-hydrogen) atoms. The molecule has 0 radical (unpaired) electrons. The van der Waals surface area contributed by atoms with Crippen LogP contribution < -0.4 is 10.1 Å². The minimum absolute atomic E-state index is 0.0586. The maximum Gasteiger partial charge on any atom is 0.246 e. The number of anilines is 1. The Bertz CT molecular complexity index is 1010. The van der Waals surface area contributed by atoms with E-state index >= 15 is 0 Å². The summed E-state index contributed by atoms with van der Waals surface area (Å²) >= 11 is 0. The third-order valence-electron chi connectivity index (χ3n) is 5.40. The monoisotopic (exact) mass is 460 g/mol. The first-order valence-corrected chi connectivity index (χ1v) is 12.5. The van der Waals surface area contributed by atoms with Crippen LogP contribution in [0.2, 0.25) is 0 Å². The van der Waals surface area contributed by atoms with Gasteiger partial charge in [-0.2, -0.15) is 4.31 Å². The molecule has 1 amide bonds. The molecule has 1 aliphatic rings. The number of carbonyl (C=O) groups excluding carboxylic acids is 1. The first-order chi connectivity index (χ1) is 15.3. The molecule has 0 aliphatic carbocycles. The Hall–Kier alpha value is -2.42. The van der Waals surface area contributed by atoms with E-state index in [2.05, 4.69) is 31.3 Å². The SMILES string of the molecule is CCOc1ccc(NC(=O)CCc2ccc(C(C)C)cc2)cc1S(=O)(=O)N1CCOCC1. The molecule has 0 spiro atoms. The van der Waals surface area contributed by atoms with Crippen molar-refractivity contribution < 1.29 is 22.7 Å². The molecule has 0 bridgehead atoms. The number of nitrogens with zero attached hydrogens (tertiary/aromatic N) is 1. The van der Waals surface area contributed by atoms with Crippen LogP contribution in [0.5, 0.6) is 5.75 Å². The van der Waals surface area contributed by atoms with Crippen molar-refractivity contribution in [2.75, 3.05) is 38.2 Å². The zero-order valence-corrected chi connectivity index (χ0v) is 19.8. The van der Waals surface area contributed by atoms with E-state index in [-0.39, 0.29) is 16.6 Å². The number of carbonyl (C=O) groups is 1. The van der Waals surface area contributed by atoms with Gasteiger partial charge in [-0.3, -0.25) is 4.79 Å². The molecule has 8 heteroatoms. The van der Waals surface area contributed by atoms with Crippen LogP contribution in [0.25, 0.3) is 0 Å². The van der Waals surface area contributed by atoms with Gasteiger partial charge < -0.3 is 14.8 Å². The Morgan fingerprint density at radius 1 is 1.12 bits per heavy atom. The van der Waals surface area contributed by atoms with Crippen molar-refractivity contribution >= 4 is 21.6 Å². The second-order valence-electron chi connectivity index (χ2n) is 8.06. The van der Waals surface area contributed by atoms with Crippen LogP contribution in [-0.4, -0.2) is 51.5 Å². The Morgan fingerprint density at radius 3 is 2.44 bits per heavy atom. The third-order valence-corrected chi connectivity index (χ3v) is 7.32. The van der Waals surface area contributed by atoms with Crippen molar-refractivity contribution in [3.8, 4) is 5.75 Å². The largest absolute Gasteiger partial charge is 0.492 e. The predicted octanol–water partition coefficient (Wildman–Crippen LogP) is 3.80. The number of nitrogens with one attached hydrogen (secondary N) is 1. The van der Waals surface area contributed by atoms with Crippen LogP contribution in [0.3, 0.4) is 0 Å². The summed E-state index contributed by atoms with van der Waals surface area (Å²) in [5, 5.41) is 2.82. The van der Waals surface area contributed by atoms with E-state index in [0.717, 1.165) is 5.56 Å². The molecule has 1 aliphatic heterocycles. The van der Waals surface area contributed by atoms with E-state index in [9.17, 15) is 13.2 Å². The fourth-order valence-electron chi connectivity index (χ4n) is 3.54. The van der Waals surface area contributed by atoms with Crippen LogP contribution in [0, 0.1) is 0 Å². The summed E-state index contributed by atoms with van der Waals surface area (Å²) in [5.41, 5.74) is 2.79. The quantitative estimate of drug-likeness (QED) is 0.615. The number of hydrogen-bond donors (Lipinski definition) is 1. The predicted molar refractivity (Wildman–Crippen MR) is 125 cm³/mol. The summed E-state index contributed by atoms with van der Waals surface area (Å²) in [6.07, 6.45) is 0.917. The minimum atomic E-state index is -3.76. The Labute approximate surface area is 190 Å². The van der Waals surface area contributed by atoms with E-state index in [1.807, 2.05) is 12.1 Å². The molecule has 2 aromatic rings. The van der Waals surface area contributed by atoms with Gasteiger partial charge in [0.05, 0.1) is 19.8 Å². The normalized spacial score (nSPS) is 15.0. The number of amides is 1. The molecular weight excluding hydrogens is 428 g/mol. The molecule has 3 rings (SSSR count). The number of morpholine rings is 1. The molecule has 1 N–H and O–H groups in total. The Kier molecular flexibility index (Phi) is 8.28. The van der Waals surface area contributed by atoms with Gasteiger partial charge in [-0.05, 0) is 48.6 Å². The topological polar surface area (TPSA) is 84.9 Å². The van der Waals surface area contributed by atoms with Gasteiger partial charge in [0, 0.05) is 25.2 Å². The van der Waals surface area contributed by atoms with Crippen molar-refractivity contribution in [2.45, 2.75) is 44.4 Å². The molecule has 7 nitrogen and oxygen atoms in total. The standard InChI is InChI=1S/C24H32N2O5S/c1-4-31-22-11-10-21(17-23(22)32(28,29)26-13-15-30-16-14-26)25-24(27)12-7-19-5-8-20(9-6-19)18(2)3/h5-6,8-11,17-18H,4,7,12-16H2,1-3H3,(H,25,27). The van der Waals surface area contributed by atoms with E-state index in [0.29, 0.717) is 57.4 Å². The van der Waals surface area contributed by atoms with Crippen LogP contribution >= 0.6 is 0 Å². The highest BCUT2D eigenvalue weighted by molar-refractivity contribution is 7.89. The number of ether oxygens (including phenoxy) is 2. The van der Waals surface area contributed by atoms with Crippen molar-refractivity contribution in [1.29, 1.82) is 0 Å². The smallest absolute Gasteiger partial charge is 0.246 e. The lowest BCUT2D eigenvalue weighted by atomic mass is 10.0. The fraction of sp³-hybridized carbons (Fsp3) is 0.458. The van der Waals surface area contributed by atoms with Gasteiger partial charge in [-0.25, -0.2) is 8.42 Å². The molecular formula is C24H32N2O5S. The Balaban J connectivity index is 1.70. The van der Waals surface area contributed by atoms with Gasteiger partial charge in [0.2, 0.25) is 15.9 Å². The van der Waals surface area contributed by atoms with Crippen molar-refractivity contribution in [3.05, 3.63) is 53.6 Å². The van der Waals surface area contributed by atoms with Crippen LogP contribution in [-0.2, 0) is 26.0 Å². The average Bonchev–Trinajstić information content (AvgIpc) is 2.79. The maximum atomic E-state index is 13.2. The van der Waals surface area contributed by atoms with E-state index in [1.54, 1.807) is 19.1 Å². The maximum absolute atomic E-state index is 13.2. The number of benzene rings is 2. The molecule has 1 saturated heterocycles. The number of hydrogen-bond acceptors (Lipinski definition) is 5. The number of rotatable bonds is 9. The second-order valence-corrected chi connectivity index (χ2v) is 9.96. The second kappa shape index (κ2) is 10.9. The fourth-order valence-corrected chi connectivity index (χ4v) is 5.10. The van der Waals surface area contributed by atoms with Gasteiger partial charge in [0.25, 0.3) is 0 Å². The summed E-state index contributed by atoms with van der Waals surface area (Å²) in [4.78, 5) is 12.6. The molecule has 0 saturated carbocycles. The van der Waals surface area contributed by atoms with Crippen LogP contribution in [0.1, 0.15) is 44.2 Å². The lowest BCUT2D eigenvalue weighted by Gasteiger charge is -2.27. The first kappa shape index (κ1) is 24.2. The van der Waals surface area contributed by atoms with E-state index in [4.69, 9.17) is 9.47 Å². The van der Waals surface area contributed by atoms with E-state index in [1.165, 1.54) is 15.9 Å². The summed E-state index contributed by atoms with van der Waals surface area (Å²) in [7, 11) is -3.76. The minimum Gasteiger partial charge on any atom is -0.492 e. The van der Waals surface area contributed by atoms with Crippen molar-refractivity contribution in [1.82, 2.24) is 4.31 Å². The third kappa shape index (κ3) is 6.09. The molecule has 2 aromatic carbocycles. The van der Waals surface area contributed by atoms with Gasteiger partial charge in [-0.1, -0.05) is 38.1 Å².